The topological polar surface area (TPSA) is 50.2 Å². The van der Waals surface area contributed by atoms with Crippen molar-refractivity contribution in [2.45, 2.75) is 6.92 Å². The number of carboxylic acids is 1. The number of pyridine rings is 1. The van der Waals surface area contributed by atoms with E-state index < -0.39 is 5.97 Å². The van der Waals surface area contributed by atoms with E-state index in [2.05, 4.69) is 4.98 Å². The minimum Gasteiger partial charge on any atom is -0.478 e. The summed E-state index contributed by atoms with van der Waals surface area (Å²) in [5.74, 6) is -0.961. The van der Waals surface area contributed by atoms with Crippen molar-refractivity contribution in [2.75, 3.05) is 0 Å². The van der Waals surface area contributed by atoms with Gasteiger partial charge in [0.25, 0.3) is 0 Å². The van der Waals surface area contributed by atoms with E-state index in [4.69, 9.17) is 11.6 Å². The summed E-state index contributed by atoms with van der Waals surface area (Å²) in [5.41, 5.74) is 2.35. The molecule has 5 heteroatoms. The number of fused-ring (bicyclic) bond motifs is 1. The molecule has 1 aromatic carbocycles. The van der Waals surface area contributed by atoms with Gasteiger partial charge in [-0.3, -0.25) is 0 Å². The van der Waals surface area contributed by atoms with Gasteiger partial charge in [-0.2, -0.15) is 0 Å². The molecule has 0 spiro atoms. The molecule has 0 saturated carbocycles. The zero-order valence-corrected chi connectivity index (χ0v) is 12.1. The molecule has 0 aliphatic carbocycles. The first-order valence-corrected chi connectivity index (χ1v) is 7.20. The summed E-state index contributed by atoms with van der Waals surface area (Å²) in [5, 5.41) is 12.5. The first-order valence-electron chi connectivity index (χ1n) is 5.95. The van der Waals surface area contributed by atoms with Crippen molar-refractivity contribution in [3.05, 3.63) is 51.9 Å². The summed E-state index contributed by atoms with van der Waals surface area (Å²) in [6.45, 7) is 1.85. The first kappa shape index (κ1) is 13.1. The maximum Gasteiger partial charge on any atom is 0.336 e. The van der Waals surface area contributed by atoms with Crippen LogP contribution in [0.4, 0.5) is 0 Å². The highest BCUT2D eigenvalue weighted by atomic mass is 35.5. The first-order chi connectivity index (χ1) is 9.58. The molecule has 0 aliphatic heterocycles. The Balaban J connectivity index is 2.41. The highest BCUT2D eigenvalue weighted by molar-refractivity contribution is 7.13. The van der Waals surface area contributed by atoms with Crippen LogP contribution in [-0.4, -0.2) is 16.1 Å². The predicted octanol–water partition coefficient (Wildman–Crippen LogP) is 4.62. The molecule has 3 aromatic rings. The minimum absolute atomic E-state index is 0.248. The normalized spacial score (nSPS) is 10.9. The summed E-state index contributed by atoms with van der Waals surface area (Å²) in [4.78, 5) is 17.0. The third kappa shape index (κ3) is 2.07. The van der Waals surface area contributed by atoms with Crippen molar-refractivity contribution in [2.24, 2.45) is 0 Å². The molecule has 0 unspecified atom stereocenters. The molecule has 0 bridgehead atoms. The maximum absolute atomic E-state index is 11.5. The van der Waals surface area contributed by atoms with Crippen LogP contribution in [0.5, 0.6) is 0 Å². The third-order valence-corrected chi connectivity index (χ3v) is 4.47. The van der Waals surface area contributed by atoms with Crippen LogP contribution in [0.15, 0.2) is 35.7 Å². The van der Waals surface area contributed by atoms with Gasteiger partial charge in [-0.15, -0.1) is 11.3 Å². The quantitative estimate of drug-likeness (QED) is 0.751. The highest BCUT2D eigenvalue weighted by Gasteiger charge is 2.15. The Hall–Kier alpha value is -1.91. The number of aryl methyl sites for hydroxylation is 1. The van der Waals surface area contributed by atoms with E-state index in [9.17, 15) is 9.90 Å². The predicted molar refractivity (Wildman–Crippen MR) is 81.8 cm³/mol. The Kier molecular flexibility index (Phi) is 3.20. The Labute approximate surface area is 124 Å². The fourth-order valence-corrected chi connectivity index (χ4v) is 2.97. The van der Waals surface area contributed by atoms with Crippen molar-refractivity contribution in [1.29, 1.82) is 0 Å². The molecule has 0 amide bonds. The van der Waals surface area contributed by atoms with Crippen LogP contribution in [-0.2, 0) is 0 Å². The maximum atomic E-state index is 11.5. The Morgan fingerprint density at radius 1 is 1.35 bits per heavy atom. The number of rotatable bonds is 2. The molecular weight excluding hydrogens is 294 g/mol. The number of carbonyl (C=O) groups is 1. The second-order valence-electron chi connectivity index (χ2n) is 4.41. The Morgan fingerprint density at radius 3 is 2.80 bits per heavy atom. The largest absolute Gasteiger partial charge is 0.478 e. The Morgan fingerprint density at radius 2 is 2.15 bits per heavy atom. The fourth-order valence-electron chi connectivity index (χ4n) is 2.13. The average molecular weight is 304 g/mol. The van der Waals surface area contributed by atoms with Gasteiger partial charge in [-0.1, -0.05) is 23.7 Å². The number of benzene rings is 1. The lowest BCUT2D eigenvalue weighted by atomic mass is 10.0. The van der Waals surface area contributed by atoms with Gasteiger partial charge in [0.1, 0.15) is 0 Å². The molecular formula is C15H10ClNO2S. The summed E-state index contributed by atoms with van der Waals surface area (Å²) < 4.78 is 0. The molecule has 2 aromatic heterocycles. The fraction of sp³-hybridized carbons (Fsp3) is 0.0667. The summed E-state index contributed by atoms with van der Waals surface area (Å²) in [7, 11) is 0. The van der Waals surface area contributed by atoms with E-state index in [-0.39, 0.29) is 5.56 Å². The molecule has 0 saturated heterocycles. The van der Waals surface area contributed by atoms with Gasteiger partial charge < -0.3 is 5.11 Å². The second kappa shape index (κ2) is 4.89. The number of carboxylic acid groups (broad SMARTS) is 1. The lowest BCUT2D eigenvalue weighted by Crippen LogP contribution is -2.01. The van der Waals surface area contributed by atoms with Gasteiger partial charge in [0.15, 0.2) is 0 Å². The molecule has 2 heterocycles. The van der Waals surface area contributed by atoms with Crippen molar-refractivity contribution >= 4 is 39.8 Å². The monoisotopic (exact) mass is 303 g/mol. The van der Waals surface area contributed by atoms with Crippen molar-refractivity contribution in [3.63, 3.8) is 0 Å². The number of nitrogens with zero attached hydrogens (tertiary/aromatic N) is 1. The summed E-state index contributed by atoms with van der Waals surface area (Å²) in [6, 6.07) is 8.86. The third-order valence-electron chi connectivity index (χ3n) is 3.17. The number of thiophene rings is 1. The average Bonchev–Trinajstić information content (AvgIpc) is 2.96. The molecule has 1 N–H and O–H groups in total. The van der Waals surface area contributed by atoms with E-state index in [1.54, 1.807) is 18.2 Å². The highest BCUT2D eigenvalue weighted by Crippen LogP contribution is 2.31. The van der Waals surface area contributed by atoms with Crippen molar-refractivity contribution < 1.29 is 9.90 Å². The molecule has 0 atom stereocenters. The van der Waals surface area contributed by atoms with Crippen LogP contribution in [0.1, 0.15) is 15.9 Å². The number of aromatic nitrogens is 1. The molecule has 0 fully saturated rings. The molecule has 3 rings (SSSR count). The zero-order chi connectivity index (χ0) is 14.3. The SMILES string of the molecule is Cc1c(Cl)ccc2c(C(=O)O)cc(-c3cccs3)nc12. The zero-order valence-electron chi connectivity index (χ0n) is 10.6. The molecule has 20 heavy (non-hydrogen) atoms. The molecule has 0 aliphatic rings. The number of hydrogen-bond donors (Lipinski definition) is 1. The molecule has 0 radical (unpaired) electrons. The summed E-state index contributed by atoms with van der Waals surface area (Å²) >= 11 is 7.64. The van der Waals surface area contributed by atoms with Crippen LogP contribution >= 0.6 is 22.9 Å². The van der Waals surface area contributed by atoms with Gasteiger partial charge >= 0.3 is 5.97 Å². The van der Waals surface area contributed by atoms with Crippen LogP contribution in [0.2, 0.25) is 5.02 Å². The molecule has 3 nitrogen and oxygen atoms in total. The number of hydrogen-bond acceptors (Lipinski definition) is 3. The van der Waals surface area contributed by atoms with Crippen LogP contribution in [0.3, 0.4) is 0 Å². The van der Waals surface area contributed by atoms with E-state index in [0.717, 1.165) is 10.4 Å². The van der Waals surface area contributed by atoms with Gasteiger partial charge in [0, 0.05) is 10.4 Å². The van der Waals surface area contributed by atoms with Crippen molar-refractivity contribution in [3.8, 4) is 10.6 Å². The van der Waals surface area contributed by atoms with E-state index in [0.29, 0.717) is 21.6 Å². The summed E-state index contributed by atoms with van der Waals surface area (Å²) in [6.07, 6.45) is 0. The van der Waals surface area contributed by atoms with Gasteiger partial charge in [-0.05, 0) is 36.1 Å². The number of aromatic carboxylic acids is 1. The van der Waals surface area contributed by atoms with Crippen LogP contribution in [0.25, 0.3) is 21.5 Å². The van der Waals surface area contributed by atoms with E-state index in [1.807, 2.05) is 24.4 Å². The van der Waals surface area contributed by atoms with Crippen molar-refractivity contribution in [1.82, 2.24) is 4.98 Å². The number of halogens is 1. The smallest absolute Gasteiger partial charge is 0.336 e. The lowest BCUT2D eigenvalue weighted by Gasteiger charge is -2.09. The van der Waals surface area contributed by atoms with E-state index >= 15 is 0 Å². The van der Waals surface area contributed by atoms with Gasteiger partial charge in [-0.25, -0.2) is 9.78 Å². The Bertz CT molecular complexity index is 812. The minimum atomic E-state index is -0.961. The van der Waals surface area contributed by atoms with Crippen LogP contribution < -0.4 is 0 Å². The van der Waals surface area contributed by atoms with Gasteiger partial charge in [0.2, 0.25) is 0 Å². The van der Waals surface area contributed by atoms with E-state index in [1.165, 1.54) is 11.3 Å². The lowest BCUT2D eigenvalue weighted by molar-refractivity contribution is 0.0699. The standard InChI is InChI=1S/C15H10ClNO2S/c1-8-11(16)5-4-9-10(15(18)19)7-12(17-14(8)9)13-3-2-6-20-13/h2-7H,1H3,(H,18,19). The molecule has 100 valence electrons. The van der Waals surface area contributed by atoms with Crippen LogP contribution in [0, 0.1) is 6.92 Å². The second-order valence-corrected chi connectivity index (χ2v) is 5.76. The van der Waals surface area contributed by atoms with Gasteiger partial charge in [0.05, 0.1) is 21.7 Å².